The third kappa shape index (κ3) is 6.61. The molecule has 226 valence electrons. The van der Waals surface area contributed by atoms with Crippen molar-refractivity contribution in [1.82, 2.24) is 45.7 Å². The number of carboxylic acids is 1. The van der Waals surface area contributed by atoms with Crippen LogP contribution in [0.1, 0.15) is 49.9 Å². The van der Waals surface area contributed by atoms with E-state index in [2.05, 4.69) is 35.9 Å². The maximum absolute atomic E-state index is 13.9. The average molecular weight is 584 g/mol. The predicted molar refractivity (Wildman–Crippen MR) is 147 cm³/mol. The van der Waals surface area contributed by atoms with Gasteiger partial charge >= 0.3 is 5.97 Å². The number of amides is 4. The van der Waals surface area contributed by atoms with Crippen molar-refractivity contribution in [2.24, 2.45) is 0 Å². The summed E-state index contributed by atoms with van der Waals surface area (Å²) in [5, 5.41) is 18.3. The van der Waals surface area contributed by atoms with Crippen molar-refractivity contribution in [2.75, 3.05) is 19.6 Å². The zero-order valence-corrected chi connectivity index (χ0v) is 23.3. The second-order valence-corrected chi connectivity index (χ2v) is 11.1. The van der Waals surface area contributed by atoms with E-state index in [1.165, 1.54) is 23.8 Å². The van der Waals surface area contributed by atoms with Gasteiger partial charge in [0.25, 0.3) is 0 Å². The number of nitrogens with zero attached hydrogens (tertiary/aromatic N) is 4. The standard InChI is InChI=1S/C27H37N9O6/c37-23(21-5-2-8-35(21)25(39)18-4-1-7-30-18)33-19(10-16-12-28-14-31-16)26(40)36-9-3-6-22(36)24(38)34-20(27(41)42)11-17-13-29-15-32-17/h12-15,18-22,30H,1-11H2,(H,28,31)(H,29,32)(H,33,37)(H,34,38)(H,41,42)/t18-,19-,20-,21-,22-/m0/s1. The number of likely N-dealkylation sites (tertiary alicyclic amines) is 2. The summed E-state index contributed by atoms with van der Waals surface area (Å²) >= 11 is 0. The molecule has 15 heteroatoms. The number of nitrogens with one attached hydrogen (secondary N) is 5. The minimum absolute atomic E-state index is 0.00717. The maximum atomic E-state index is 13.9. The molecule has 3 fully saturated rings. The van der Waals surface area contributed by atoms with Crippen molar-refractivity contribution in [3.8, 4) is 0 Å². The highest BCUT2D eigenvalue weighted by Gasteiger charge is 2.42. The second-order valence-electron chi connectivity index (χ2n) is 11.1. The van der Waals surface area contributed by atoms with E-state index in [1.807, 2.05) is 0 Å². The number of rotatable bonds is 11. The Labute approximate surface area is 242 Å². The minimum atomic E-state index is -1.21. The first kappa shape index (κ1) is 29.2. The lowest BCUT2D eigenvalue weighted by Crippen LogP contribution is -2.58. The Morgan fingerprint density at radius 3 is 1.95 bits per heavy atom. The molecule has 6 N–H and O–H groups in total. The molecule has 3 saturated heterocycles. The van der Waals surface area contributed by atoms with E-state index in [9.17, 15) is 29.1 Å². The first-order valence-corrected chi connectivity index (χ1v) is 14.4. The van der Waals surface area contributed by atoms with Gasteiger partial charge < -0.3 is 40.8 Å². The maximum Gasteiger partial charge on any atom is 0.326 e. The average Bonchev–Trinajstić information content (AvgIpc) is 3.81. The first-order chi connectivity index (χ1) is 20.3. The van der Waals surface area contributed by atoms with Gasteiger partial charge in [0, 0.05) is 49.7 Å². The van der Waals surface area contributed by atoms with Crippen molar-refractivity contribution < 1.29 is 29.1 Å². The molecule has 2 aromatic heterocycles. The monoisotopic (exact) mass is 583 g/mol. The van der Waals surface area contributed by atoms with E-state index in [0.717, 1.165) is 19.4 Å². The molecule has 4 amide bonds. The van der Waals surface area contributed by atoms with Crippen molar-refractivity contribution in [2.45, 2.75) is 81.6 Å². The highest BCUT2D eigenvalue weighted by Crippen LogP contribution is 2.23. The Morgan fingerprint density at radius 1 is 0.833 bits per heavy atom. The summed E-state index contributed by atoms with van der Waals surface area (Å²) < 4.78 is 0. The van der Waals surface area contributed by atoms with E-state index in [4.69, 9.17) is 0 Å². The fourth-order valence-electron chi connectivity index (χ4n) is 6.07. The van der Waals surface area contributed by atoms with E-state index >= 15 is 0 Å². The molecule has 0 unspecified atom stereocenters. The summed E-state index contributed by atoms with van der Waals surface area (Å²) in [5.41, 5.74) is 1.17. The zero-order valence-electron chi connectivity index (χ0n) is 23.3. The first-order valence-electron chi connectivity index (χ1n) is 14.4. The molecule has 2 aromatic rings. The van der Waals surface area contributed by atoms with Crippen LogP contribution in [0.4, 0.5) is 0 Å². The van der Waals surface area contributed by atoms with Crippen LogP contribution in [0, 0.1) is 0 Å². The fourth-order valence-corrected chi connectivity index (χ4v) is 6.07. The summed E-state index contributed by atoms with van der Waals surface area (Å²) in [6.45, 7) is 1.53. The van der Waals surface area contributed by atoms with Gasteiger partial charge in [0.2, 0.25) is 23.6 Å². The molecule has 5 atom stereocenters. The molecule has 3 aliphatic heterocycles. The molecule has 42 heavy (non-hydrogen) atoms. The van der Waals surface area contributed by atoms with Crippen LogP contribution in [-0.2, 0) is 36.8 Å². The molecular weight excluding hydrogens is 546 g/mol. The number of H-pyrrole nitrogens is 2. The lowest BCUT2D eigenvalue weighted by molar-refractivity contribution is -0.145. The molecule has 5 rings (SSSR count). The van der Waals surface area contributed by atoms with Gasteiger partial charge in [0.15, 0.2) is 0 Å². The van der Waals surface area contributed by atoms with Gasteiger partial charge in [-0.2, -0.15) is 0 Å². The number of aromatic nitrogens is 4. The van der Waals surface area contributed by atoms with E-state index in [1.54, 1.807) is 11.1 Å². The number of carbonyl (C=O) groups excluding carboxylic acids is 4. The Bertz CT molecular complexity index is 1260. The Morgan fingerprint density at radius 2 is 1.40 bits per heavy atom. The molecule has 0 spiro atoms. The zero-order chi connectivity index (χ0) is 29.6. The van der Waals surface area contributed by atoms with Crippen LogP contribution in [0.3, 0.4) is 0 Å². The molecule has 0 aromatic carbocycles. The highest BCUT2D eigenvalue weighted by molar-refractivity contribution is 5.96. The van der Waals surface area contributed by atoms with E-state index < -0.39 is 47.9 Å². The topological polar surface area (TPSA) is 206 Å². The lowest BCUT2D eigenvalue weighted by Gasteiger charge is -2.31. The van der Waals surface area contributed by atoms with Crippen LogP contribution in [0.25, 0.3) is 0 Å². The molecule has 3 aliphatic rings. The molecular formula is C27H37N9O6. The largest absolute Gasteiger partial charge is 0.480 e. The van der Waals surface area contributed by atoms with Gasteiger partial charge in [-0.1, -0.05) is 0 Å². The Kier molecular flexibility index (Phi) is 9.15. The van der Waals surface area contributed by atoms with Gasteiger partial charge in [-0.15, -0.1) is 0 Å². The smallest absolute Gasteiger partial charge is 0.326 e. The van der Waals surface area contributed by atoms with Crippen molar-refractivity contribution in [3.63, 3.8) is 0 Å². The van der Waals surface area contributed by atoms with Crippen molar-refractivity contribution >= 4 is 29.6 Å². The van der Waals surface area contributed by atoms with Crippen LogP contribution in [0.5, 0.6) is 0 Å². The van der Waals surface area contributed by atoms with Crippen LogP contribution in [-0.4, -0.2) is 114 Å². The number of imidazole rings is 2. The Balaban J connectivity index is 1.28. The molecule has 0 radical (unpaired) electrons. The van der Waals surface area contributed by atoms with Crippen LogP contribution < -0.4 is 16.0 Å². The quantitative estimate of drug-likeness (QED) is 0.186. The molecule has 15 nitrogen and oxygen atoms in total. The number of aromatic amines is 2. The van der Waals surface area contributed by atoms with E-state index in [-0.39, 0.29) is 31.3 Å². The SMILES string of the molecule is O=C(O)[C@H](Cc1cnc[nH]1)NC(=O)[C@@H]1CCCN1C(=O)[C@H](Cc1cnc[nH]1)NC(=O)[C@@H]1CCCN1C(=O)[C@@H]1CCCN1. The minimum Gasteiger partial charge on any atom is -0.480 e. The molecule has 0 bridgehead atoms. The lowest BCUT2D eigenvalue weighted by atomic mass is 10.1. The number of hydrogen-bond donors (Lipinski definition) is 6. The summed E-state index contributed by atoms with van der Waals surface area (Å²) in [7, 11) is 0. The predicted octanol–water partition coefficient (Wildman–Crippen LogP) is -1.29. The van der Waals surface area contributed by atoms with Crippen molar-refractivity contribution in [1.29, 1.82) is 0 Å². The summed E-state index contributed by atoms with van der Waals surface area (Å²) in [5.74, 6) is -2.74. The van der Waals surface area contributed by atoms with Crippen molar-refractivity contribution in [3.05, 3.63) is 36.4 Å². The summed E-state index contributed by atoms with van der Waals surface area (Å²) in [6, 6.07) is -4.11. The van der Waals surface area contributed by atoms with Crippen LogP contribution in [0.2, 0.25) is 0 Å². The molecule has 0 saturated carbocycles. The number of hydrogen-bond acceptors (Lipinski definition) is 8. The van der Waals surface area contributed by atoms with Gasteiger partial charge in [-0.05, 0) is 45.1 Å². The summed E-state index contributed by atoms with van der Waals surface area (Å²) in [6.07, 6.45) is 9.79. The van der Waals surface area contributed by atoms with Gasteiger partial charge in [-0.25, -0.2) is 14.8 Å². The molecule has 5 heterocycles. The normalized spacial score (nSPS) is 23.5. The van der Waals surface area contributed by atoms with E-state index in [0.29, 0.717) is 43.6 Å². The number of carbonyl (C=O) groups is 5. The van der Waals surface area contributed by atoms with Crippen LogP contribution >= 0.6 is 0 Å². The number of carboxylic acid groups (broad SMARTS) is 1. The fraction of sp³-hybridized carbons (Fsp3) is 0.593. The Hall–Kier alpha value is -4.27. The highest BCUT2D eigenvalue weighted by atomic mass is 16.4. The third-order valence-corrected chi connectivity index (χ3v) is 8.22. The summed E-state index contributed by atoms with van der Waals surface area (Å²) in [4.78, 5) is 82.4. The second kappa shape index (κ2) is 13.1. The van der Waals surface area contributed by atoms with Gasteiger partial charge in [-0.3, -0.25) is 19.2 Å². The van der Waals surface area contributed by atoms with Gasteiger partial charge in [0.1, 0.15) is 24.2 Å². The number of aliphatic carboxylic acids is 1. The molecule has 0 aliphatic carbocycles. The van der Waals surface area contributed by atoms with Crippen LogP contribution in [0.15, 0.2) is 25.0 Å². The third-order valence-electron chi connectivity index (χ3n) is 8.22. The van der Waals surface area contributed by atoms with Gasteiger partial charge in [0.05, 0.1) is 18.7 Å².